The molecule has 1 aromatic rings. The van der Waals surface area contributed by atoms with Crippen molar-refractivity contribution in [3.05, 3.63) is 24.3 Å². The van der Waals surface area contributed by atoms with Gasteiger partial charge in [0.1, 0.15) is 0 Å². The van der Waals surface area contributed by atoms with E-state index in [0.29, 0.717) is 5.69 Å². The van der Waals surface area contributed by atoms with E-state index in [2.05, 4.69) is 0 Å². The molecule has 0 radical (unpaired) electrons. The summed E-state index contributed by atoms with van der Waals surface area (Å²) in [5.74, 6) is 0.244. The van der Waals surface area contributed by atoms with Gasteiger partial charge in [0.2, 0.25) is 5.91 Å². The van der Waals surface area contributed by atoms with Crippen molar-refractivity contribution in [2.45, 2.75) is 38.1 Å². The van der Waals surface area contributed by atoms with Gasteiger partial charge in [0.05, 0.1) is 5.41 Å². The van der Waals surface area contributed by atoms with Crippen molar-refractivity contribution in [3.63, 3.8) is 0 Å². The molecular formula is C15H21N3O. The molecule has 4 N–H and O–H groups in total. The summed E-state index contributed by atoms with van der Waals surface area (Å²) in [7, 11) is 0. The normalized spacial score (nSPS) is 31.1. The Bertz CT molecular complexity index is 502. The van der Waals surface area contributed by atoms with Gasteiger partial charge in [-0.1, -0.05) is 12.5 Å². The monoisotopic (exact) mass is 259 g/mol. The third-order valence-corrected chi connectivity index (χ3v) is 4.58. The molecule has 2 fully saturated rings. The Balaban J connectivity index is 1.86. The Hall–Kier alpha value is -1.55. The number of hydrogen-bond donors (Lipinski definition) is 2. The van der Waals surface area contributed by atoms with Crippen LogP contribution >= 0.6 is 0 Å². The lowest BCUT2D eigenvalue weighted by Crippen LogP contribution is -2.42. The number of hydrogen-bond acceptors (Lipinski definition) is 3. The molecule has 2 aliphatic rings. The molecule has 1 aliphatic carbocycles. The number of nitrogens with two attached hydrogens (primary N) is 2. The van der Waals surface area contributed by atoms with Crippen LogP contribution in [0, 0.1) is 5.41 Å². The van der Waals surface area contributed by atoms with Crippen molar-refractivity contribution < 1.29 is 4.79 Å². The zero-order valence-electron chi connectivity index (χ0n) is 11.1. The molecular weight excluding hydrogens is 238 g/mol. The first-order valence-corrected chi connectivity index (χ1v) is 7.04. The van der Waals surface area contributed by atoms with E-state index >= 15 is 0 Å². The average Bonchev–Trinajstić information content (AvgIpc) is 2.67. The van der Waals surface area contributed by atoms with Gasteiger partial charge in [0, 0.05) is 24.0 Å². The molecule has 1 saturated heterocycles. The molecule has 3 rings (SSSR count). The SMILES string of the molecule is Nc1cccc(N2CCC3(CCCC(N)C3)C2=O)c1. The maximum atomic E-state index is 12.8. The highest BCUT2D eigenvalue weighted by molar-refractivity contribution is 6.00. The predicted octanol–water partition coefficient (Wildman–Crippen LogP) is 1.89. The average molecular weight is 259 g/mol. The number of nitrogens with zero attached hydrogens (tertiary/aromatic N) is 1. The highest BCUT2D eigenvalue weighted by atomic mass is 16.2. The Morgan fingerprint density at radius 3 is 2.89 bits per heavy atom. The number of nitrogen functional groups attached to an aromatic ring is 1. The highest BCUT2D eigenvalue weighted by Gasteiger charge is 2.48. The summed E-state index contributed by atoms with van der Waals surface area (Å²) in [5, 5.41) is 0. The minimum Gasteiger partial charge on any atom is -0.399 e. The molecule has 1 aromatic carbocycles. The van der Waals surface area contributed by atoms with E-state index in [9.17, 15) is 4.79 Å². The van der Waals surface area contributed by atoms with Gasteiger partial charge >= 0.3 is 0 Å². The lowest BCUT2D eigenvalue weighted by molar-refractivity contribution is -0.127. The van der Waals surface area contributed by atoms with Gasteiger partial charge in [0.15, 0.2) is 0 Å². The van der Waals surface area contributed by atoms with Crippen LogP contribution in [-0.2, 0) is 4.79 Å². The van der Waals surface area contributed by atoms with Crippen molar-refractivity contribution in [3.8, 4) is 0 Å². The van der Waals surface area contributed by atoms with E-state index in [1.165, 1.54) is 0 Å². The van der Waals surface area contributed by atoms with Gasteiger partial charge in [-0.15, -0.1) is 0 Å². The van der Waals surface area contributed by atoms with Crippen LogP contribution in [0.3, 0.4) is 0 Å². The van der Waals surface area contributed by atoms with E-state index in [-0.39, 0.29) is 17.4 Å². The fraction of sp³-hybridized carbons (Fsp3) is 0.533. The highest BCUT2D eigenvalue weighted by Crippen LogP contribution is 2.45. The predicted molar refractivity (Wildman–Crippen MR) is 76.7 cm³/mol. The van der Waals surface area contributed by atoms with Crippen LogP contribution in [0.5, 0.6) is 0 Å². The number of rotatable bonds is 1. The Labute approximate surface area is 113 Å². The molecule has 4 nitrogen and oxygen atoms in total. The molecule has 0 bridgehead atoms. The fourth-order valence-electron chi connectivity index (χ4n) is 3.59. The summed E-state index contributed by atoms with van der Waals surface area (Å²) in [6.45, 7) is 0.787. The minimum absolute atomic E-state index is 0.179. The molecule has 1 saturated carbocycles. The summed E-state index contributed by atoms with van der Waals surface area (Å²) in [6.07, 6.45) is 4.86. The lowest BCUT2D eigenvalue weighted by atomic mass is 9.71. The van der Waals surface area contributed by atoms with Crippen LogP contribution in [0.25, 0.3) is 0 Å². The Kier molecular flexibility index (Phi) is 2.97. The van der Waals surface area contributed by atoms with E-state index < -0.39 is 0 Å². The van der Waals surface area contributed by atoms with Gasteiger partial charge < -0.3 is 16.4 Å². The number of carbonyl (C=O) groups is 1. The van der Waals surface area contributed by atoms with Crippen LogP contribution in [-0.4, -0.2) is 18.5 Å². The lowest BCUT2D eigenvalue weighted by Gasteiger charge is -2.35. The van der Waals surface area contributed by atoms with E-state index in [0.717, 1.165) is 44.3 Å². The summed E-state index contributed by atoms with van der Waals surface area (Å²) in [5.41, 5.74) is 13.3. The van der Waals surface area contributed by atoms with Crippen LogP contribution < -0.4 is 16.4 Å². The Morgan fingerprint density at radius 1 is 1.32 bits per heavy atom. The van der Waals surface area contributed by atoms with E-state index in [1.807, 2.05) is 29.2 Å². The molecule has 2 atom stereocenters. The first-order chi connectivity index (χ1) is 9.11. The second-order valence-corrected chi connectivity index (χ2v) is 5.94. The molecule has 1 heterocycles. The van der Waals surface area contributed by atoms with Gasteiger partial charge in [-0.3, -0.25) is 4.79 Å². The molecule has 102 valence electrons. The molecule has 1 amide bonds. The number of benzene rings is 1. The minimum atomic E-state index is -0.206. The van der Waals surface area contributed by atoms with E-state index in [4.69, 9.17) is 11.5 Å². The number of amides is 1. The fourth-order valence-corrected chi connectivity index (χ4v) is 3.59. The number of carbonyl (C=O) groups excluding carboxylic acids is 1. The van der Waals surface area contributed by atoms with Crippen molar-refractivity contribution in [1.82, 2.24) is 0 Å². The summed E-state index contributed by atoms with van der Waals surface area (Å²) in [6, 6.07) is 7.75. The molecule has 0 aromatic heterocycles. The third kappa shape index (κ3) is 2.10. The van der Waals surface area contributed by atoms with Crippen LogP contribution in [0.1, 0.15) is 32.1 Å². The van der Waals surface area contributed by atoms with Crippen molar-refractivity contribution in [1.29, 1.82) is 0 Å². The first-order valence-electron chi connectivity index (χ1n) is 7.04. The van der Waals surface area contributed by atoms with Crippen LogP contribution in [0.2, 0.25) is 0 Å². The van der Waals surface area contributed by atoms with Gasteiger partial charge in [-0.05, 0) is 43.9 Å². The summed E-state index contributed by atoms with van der Waals surface area (Å²) < 4.78 is 0. The quantitative estimate of drug-likeness (QED) is 0.756. The smallest absolute Gasteiger partial charge is 0.233 e. The standard InChI is InChI=1S/C15H21N3O/c16-11-3-1-5-13(9-11)18-8-7-15(14(18)19)6-2-4-12(17)10-15/h1,3,5,9,12H,2,4,6-8,10,16-17H2. The second-order valence-electron chi connectivity index (χ2n) is 5.94. The van der Waals surface area contributed by atoms with Gasteiger partial charge in [-0.2, -0.15) is 0 Å². The molecule has 4 heteroatoms. The van der Waals surface area contributed by atoms with Crippen molar-refractivity contribution in [2.24, 2.45) is 11.1 Å². The maximum absolute atomic E-state index is 12.8. The second kappa shape index (κ2) is 4.53. The number of anilines is 2. The third-order valence-electron chi connectivity index (χ3n) is 4.58. The molecule has 1 spiro atoms. The Morgan fingerprint density at radius 2 is 2.16 bits per heavy atom. The molecule has 1 aliphatic heterocycles. The largest absolute Gasteiger partial charge is 0.399 e. The summed E-state index contributed by atoms with van der Waals surface area (Å²) >= 11 is 0. The van der Waals surface area contributed by atoms with E-state index in [1.54, 1.807) is 0 Å². The molecule has 19 heavy (non-hydrogen) atoms. The topological polar surface area (TPSA) is 72.3 Å². The maximum Gasteiger partial charge on any atom is 0.233 e. The van der Waals surface area contributed by atoms with Crippen molar-refractivity contribution >= 4 is 17.3 Å². The zero-order valence-corrected chi connectivity index (χ0v) is 11.1. The van der Waals surface area contributed by atoms with Crippen molar-refractivity contribution in [2.75, 3.05) is 17.2 Å². The first kappa shape index (κ1) is 12.5. The zero-order chi connectivity index (χ0) is 13.5. The van der Waals surface area contributed by atoms with Gasteiger partial charge in [-0.25, -0.2) is 0 Å². The summed E-state index contributed by atoms with van der Waals surface area (Å²) in [4.78, 5) is 14.7. The van der Waals surface area contributed by atoms with Gasteiger partial charge in [0.25, 0.3) is 0 Å². The van der Waals surface area contributed by atoms with Crippen LogP contribution in [0.15, 0.2) is 24.3 Å². The molecule has 2 unspecified atom stereocenters. The van der Waals surface area contributed by atoms with Crippen LogP contribution in [0.4, 0.5) is 11.4 Å².